The van der Waals surface area contributed by atoms with E-state index >= 15 is 0 Å². The van der Waals surface area contributed by atoms with Gasteiger partial charge in [-0.25, -0.2) is 4.42 Å². The number of morpholine rings is 1. The number of nitrogens with zero attached hydrogens (tertiary/aromatic N) is 1. The average Bonchev–Trinajstić information content (AvgIpc) is 1.88. The zero-order valence-electron chi connectivity index (χ0n) is 6.51. The van der Waals surface area contributed by atoms with Crippen molar-refractivity contribution in [2.24, 2.45) is 0 Å². The highest BCUT2D eigenvalue weighted by atomic mass is 35.5. The molecule has 1 heterocycles. The van der Waals surface area contributed by atoms with E-state index in [1.807, 2.05) is 4.42 Å². The summed E-state index contributed by atoms with van der Waals surface area (Å²) >= 11 is 5.93. The lowest BCUT2D eigenvalue weighted by Crippen LogP contribution is -2.44. The summed E-state index contributed by atoms with van der Waals surface area (Å²) in [5, 5.41) is 0. The summed E-state index contributed by atoms with van der Waals surface area (Å²) in [5.41, 5.74) is 0. The quantitative estimate of drug-likeness (QED) is 0.545. The molecule has 0 N–H and O–H groups in total. The molecule has 1 aliphatic rings. The second kappa shape index (κ2) is 3.56. The van der Waals surface area contributed by atoms with Gasteiger partial charge in [-0.2, -0.15) is 0 Å². The molecule has 0 aliphatic carbocycles. The van der Waals surface area contributed by atoms with E-state index in [9.17, 15) is 0 Å². The van der Waals surface area contributed by atoms with Crippen LogP contribution in [0.2, 0.25) is 0 Å². The lowest BCUT2D eigenvalue weighted by Gasteiger charge is -2.34. The number of ether oxygens (including phenoxy) is 1. The van der Waals surface area contributed by atoms with Crippen LogP contribution in [0.1, 0.15) is 20.3 Å². The molecular formula is C7H14ClNO. The van der Waals surface area contributed by atoms with Crippen molar-refractivity contribution in [2.75, 3.05) is 13.2 Å². The minimum atomic E-state index is 0.288. The minimum Gasteiger partial charge on any atom is -0.375 e. The van der Waals surface area contributed by atoms with Gasteiger partial charge < -0.3 is 4.74 Å². The van der Waals surface area contributed by atoms with E-state index in [1.165, 1.54) is 0 Å². The van der Waals surface area contributed by atoms with E-state index in [2.05, 4.69) is 13.8 Å². The lowest BCUT2D eigenvalue weighted by molar-refractivity contribution is -0.0297. The van der Waals surface area contributed by atoms with Crippen LogP contribution in [-0.2, 0) is 4.74 Å². The fourth-order valence-corrected chi connectivity index (χ4v) is 1.73. The fraction of sp³-hybridized carbons (Fsp3) is 1.00. The molecule has 1 fully saturated rings. The van der Waals surface area contributed by atoms with Gasteiger partial charge in [0.25, 0.3) is 0 Å². The highest BCUT2D eigenvalue weighted by molar-refractivity contribution is 6.13. The first-order valence-corrected chi connectivity index (χ1v) is 4.13. The molecule has 0 saturated carbocycles. The van der Waals surface area contributed by atoms with Gasteiger partial charge in [-0.3, -0.25) is 0 Å². The Kier molecular flexibility index (Phi) is 2.96. The lowest BCUT2D eigenvalue weighted by atomic mass is 10.1. The summed E-state index contributed by atoms with van der Waals surface area (Å²) in [4.78, 5) is 0. The highest BCUT2D eigenvalue weighted by Gasteiger charge is 2.26. The maximum atomic E-state index is 5.93. The van der Waals surface area contributed by atoms with Crippen LogP contribution in [0.3, 0.4) is 0 Å². The molecule has 0 aromatic rings. The first kappa shape index (κ1) is 8.31. The normalized spacial score (nSPS) is 36.3. The van der Waals surface area contributed by atoms with Crippen molar-refractivity contribution in [2.45, 2.75) is 32.4 Å². The molecule has 0 aromatic heterocycles. The zero-order valence-corrected chi connectivity index (χ0v) is 7.27. The van der Waals surface area contributed by atoms with Crippen molar-refractivity contribution in [3.8, 4) is 0 Å². The van der Waals surface area contributed by atoms with E-state index < -0.39 is 0 Å². The average molecular weight is 164 g/mol. The number of halogens is 1. The van der Waals surface area contributed by atoms with Crippen molar-refractivity contribution >= 4 is 11.8 Å². The third kappa shape index (κ3) is 1.62. The minimum absolute atomic E-state index is 0.288. The van der Waals surface area contributed by atoms with E-state index in [0.29, 0.717) is 6.04 Å². The van der Waals surface area contributed by atoms with Crippen molar-refractivity contribution in [3.63, 3.8) is 0 Å². The van der Waals surface area contributed by atoms with E-state index in [1.54, 1.807) is 0 Å². The molecule has 1 saturated heterocycles. The molecule has 60 valence electrons. The number of rotatable bonds is 1. The monoisotopic (exact) mass is 163 g/mol. The van der Waals surface area contributed by atoms with Gasteiger partial charge in [0.15, 0.2) is 0 Å². The van der Waals surface area contributed by atoms with Crippen LogP contribution < -0.4 is 0 Å². The Morgan fingerprint density at radius 2 is 2.40 bits per heavy atom. The van der Waals surface area contributed by atoms with Crippen LogP contribution in [0.5, 0.6) is 0 Å². The summed E-state index contributed by atoms with van der Waals surface area (Å²) in [7, 11) is 0. The van der Waals surface area contributed by atoms with Gasteiger partial charge in [0.2, 0.25) is 0 Å². The van der Waals surface area contributed by atoms with E-state index in [4.69, 9.17) is 16.5 Å². The SMILES string of the molecule is CC[C@@H]1[C@@H](C)OCCN1Cl. The molecule has 0 aromatic carbocycles. The molecule has 0 bridgehead atoms. The molecule has 3 heteroatoms. The van der Waals surface area contributed by atoms with E-state index in [-0.39, 0.29) is 6.10 Å². The molecule has 2 nitrogen and oxygen atoms in total. The zero-order chi connectivity index (χ0) is 7.56. The van der Waals surface area contributed by atoms with Crippen LogP contribution >= 0.6 is 11.8 Å². The maximum Gasteiger partial charge on any atom is 0.0715 e. The van der Waals surface area contributed by atoms with Crippen LogP contribution in [0, 0.1) is 0 Å². The number of hydrogen-bond donors (Lipinski definition) is 0. The number of hydrogen-bond acceptors (Lipinski definition) is 2. The molecule has 10 heavy (non-hydrogen) atoms. The maximum absolute atomic E-state index is 5.93. The Balaban J connectivity index is 2.45. The van der Waals surface area contributed by atoms with Gasteiger partial charge >= 0.3 is 0 Å². The molecule has 1 rings (SSSR count). The molecule has 0 radical (unpaired) electrons. The van der Waals surface area contributed by atoms with Gasteiger partial charge in [0.05, 0.1) is 18.8 Å². The second-order valence-electron chi connectivity index (χ2n) is 2.67. The second-order valence-corrected chi connectivity index (χ2v) is 3.11. The largest absolute Gasteiger partial charge is 0.375 e. The molecule has 0 unspecified atom stereocenters. The smallest absolute Gasteiger partial charge is 0.0715 e. The Hall–Kier alpha value is 0.210. The van der Waals surface area contributed by atoms with Gasteiger partial charge in [-0.1, -0.05) is 6.92 Å². The van der Waals surface area contributed by atoms with Crippen LogP contribution in [0.4, 0.5) is 0 Å². The predicted octanol–water partition coefficient (Wildman–Crippen LogP) is 1.64. The van der Waals surface area contributed by atoms with Crippen molar-refractivity contribution in [1.82, 2.24) is 4.42 Å². The van der Waals surface area contributed by atoms with E-state index in [0.717, 1.165) is 19.6 Å². The molecule has 0 amide bonds. The molecule has 0 spiro atoms. The fourth-order valence-electron chi connectivity index (χ4n) is 1.36. The van der Waals surface area contributed by atoms with Crippen LogP contribution in [0.15, 0.2) is 0 Å². The molecule has 2 atom stereocenters. The van der Waals surface area contributed by atoms with Crippen molar-refractivity contribution in [3.05, 3.63) is 0 Å². The van der Waals surface area contributed by atoms with Gasteiger partial charge in [-0.05, 0) is 25.1 Å². The van der Waals surface area contributed by atoms with Crippen LogP contribution in [-0.4, -0.2) is 29.7 Å². The third-order valence-corrected chi connectivity index (χ3v) is 2.43. The molecular weight excluding hydrogens is 150 g/mol. The first-order chi connectivity index (χ1) is 4.75. The van der Waals surface area contributed by atoms with Crippen molar-refractivity contribution < 1.29 is 4.74 Å². The summed E-state index contributed by atoms with van der Waals surface area (Å²) < 4.78 is 7.28. The summed E-state index contributed by atoms with van der Waals surface area (Å²) in [6.45, 7) is 5.82. The summed E-state index contributed by atoms with van der Waals surface area (Å²) in [5.74, 6) is 0. The Bertz CT molecular complexity index is 99.8. The topological polar surface area (TPSA) is 12.5 Å². The first-order valence-electron chi connectivity index (χ1n) is 3.79. The third-order valence-electron chi connectivity index (χ3n) is 2.01. The van der Waals surface area contributed by atoms with Gasteiger partial charge in [0.1, 0.15) is 0 Å². The summed E-state index contributed by atoms with van der Waals surface area (Å²) in [6, 6.07) is 0.399. The predicted molar refractivity (Wildman–Crippen MR) is 42.1 cm³/mol. The van der Waals surface area contributed by atoms with Crippen molar-refractivity contribution in [1.29, 1.82) is 0 Å². The standard InChI is InChI=1S/C7H14ClNO/c1-3-7-6(2)10-5-4-9(7)8/h6-7H,3-5H2,1-2H3/t6-,7-/m1/s1. The summed E-state index contributed by atoms with van der Waals surface area (Å²) in [6.07, 6.45) is 1.35. The Morgan fingerprint density at radius 1 is 1.70 bits per heavy atom. The Morgan fingerprint density at radius 3 is 2.80 bits per heavy atom. The highest BCUT2D eigenvalue weighted by Crippen LogP contribution is 2.18. The van der Waals surface area contributed by atoms with Gasteiger partial charge in [-0.15, -0.1) is 0 Å². The van der Waals surface area contributed by atoms with Gasteiger partial charge in [0, 0.05) is 6.54 Å². The van der Waals surface area contributed by atoms with Crippen LogP contribution in [0.25, 0.3) is 0 Å². The Labute approximate surface area is 67.2 Å². The molecule has 1 aliphatic heterocycles.